The van der Waals surface area contributed by atoms with Crippen molar-refractivity contribution >= 4 is 5.91 Å². The normalized spacial score (nSPS) is 29.9. The van der Waals surface area contributed by atoms with Crippen LogP contribution in [0.3, 0.4) is 0 Å². The van der Waals surface area contributed by atoms with Crippen LogP contribution in [0, 0.1) is 0 Å². The summed E-state index contributed by atoms with van der Waals surface area (Å²) in [5.74, 6) is -0.294. The predicted molar refractivity (Wildman–Crippen MR) is 54.9 cm³/mol. The van der Waals surface area contributed by atoms with E-state index < -0.39 is 5.54 Å². The summed E-state index contributed by atoms with van der Waals surface area (Å²) in [6.45, 7) is 5.28. The van der Waals surface area contributed by atoms with Gasteiger partial charge in [0, 0.05) is 12.6 Å². The lowest BCUT2D eigenvalue weighted by Gasteiger charge is -2.37. The highest BCUT2D eigenvalue weighted by atomic mass is 16.5. The lowest BCUT2D eigenvalue weighted by Crippen LogP contribution is -2.62. The lowest BCUT2D eigenvalue weighted by atomic mass is 9.90. The molecule has 4 heteroatoms. The fraction of sp³-hybridized carbons (Fsp3) is 0.900. The third-order valence-electron chi connectivity index (χ3n) is 2.85. The van der Waals surface area contributed by atoms with Crippen LogP contribution in [-0.2, 0) is 9.53 Å². The van der Waals surface area contributed by atoms with Crippen molar-refractivity contribution < 1.29 is 9.53 Å². The van der Waals surface area contributed by atoms with Crippen molar-refractivity contribution in [2.45, 2.75) is 44.7 Å². The first-order valence-electron chi connectivity index (χ1n) is 5.26. The molecule has 0 saturated carbocycles. The Morgan fingerprint density at radius 2 is 2.43 bits per heavy atom. The van der Waals surface area contributed by atoms with Gasteiger partial charge in [0.15, 0.2) is 0 Å². The van der Waals surface area contributed by atoms with E-state index in [2.05, 4.69) is 19.2 Å². The Balaban J connectivity index is 2.65. The number of primary amides is 1. The zero-order chi connectivity index (χ0) is 10.6. The van der Waals surface area contributed by atoms with Crippen molar-refractivity contribution in [2.75, 3.05) is 13.2 Å². The Morgan fingerprint density at radius 1 is 1.71 bits per heavy atom. The van der Waals surface area contributed by atoms with Crippen molar-refractivity contribution in [1.29, 1.82) is 0 Å². The van der Waals surface area contributed by atoms with Gasteiger partial charge in [-0.05, 0) is 26.2 Å². The predicted octanol–water partition coefficient (Wildman–Crippen LogP) is 0.409. The van der Waals surface area contributed by atoms with Crippen LogP contribution in [0.4, 0.5) is 0 Å². The fourth-order valence-electron chi connectivity index (χ4n) is 1.75. The van der Waals surface area contributed by atoms with Crippen LogP contribution in [0.2, 0.25) is 0 Å². The lowest BCUT2D eigenvalue weighted by molar-refractivity contribution is -0.130. The number of carbonyl (C=O) groups is 1. The Bertz CT molecular complexity index is 200. The third-order valence-corrected chi connectivity index (χ3v) is 2.85. The van der Waals surface area contributed by atoms with E-state index >= 15 is 0 Å². The Labute approximate surface area is 85.2 Å². The fourth-order valence-corrected chi connectivity index (χ4v) is 1.75. The summed E-state index contributed by atoms with van der Waals surface area (Å²) in [4.78, 5) is 11.4. The second-order valence-corrected chi connectivity index (χ2v) is 4.06. The highest BCUT2D eigenvalue weighted by Gasteiger charge is 2.39. The molecule has 0 radical (unpaired) electrons. The van der Waals surface area contributed by atoms with Gasteiger partial charge in [-0.1, -0.05) is 6.92 Å². The molecule has 1 rings (SSSR count). The van der Waals surface area contributed by atoms with Crippen molar-refractivity contribution in [2.24, 2.45) is 5.73 Å². The minimum atomic E-state index is -0.631. The van der Waals surface area contributed by atoms with Gasteiger partial charge in [0.25, 0.3) is 0 Å². The van der Waals surface area contributed by atoms with Crippen LogP contribution >= 0.6 is 0 Å². The molecule has 2 atom stereocenters. The summed E-state index contributed by atoms with van der Waals surface area (Å²) >= 11 is 0. The van der Waals surface area contributed by atoms with Crippen LogP contribution in [-0.4, -0.2) is 30.7 Å². The van der Waals surface area contributed by atoms with Gasteiger partial charge in [-0.3, -0.25) is 10.1 Å². The Hall–Kier alpha value is -0.610. The molecule has 0 aliphatic carbocycles. The first-order valence-corrected chi connectivity index (χ1v) is 5.26. The molecule has 1 fully saturated rings. The van der Waals surface area contributed by atoms with E-state index in [1.54, 1.807) is 0 Å². The molecule has 0 bridgehead atoms. The van der Waals surface area contributed by atoms with E-state index in [-0.39, 0.29) is 5.91 Å². The van der Waals surface area contributed by atoms with Gasteiger partial charge in [-0.25, -0.2) is 0 Å². The largest absolute Gasteiger partial charge is 0.379 e. The van der Waals surface area contributed by atoms with Crippen LogP contribution in [0.1, 0.15) is 33.1 Å². The zero-order valence-electron chi connectivity index (χ0n) is 9.01. The number of ether oxygens (including phenoxy) is 1. The average Bonchev–Trinajstić information content (AvgIpc) is 2.19. The molecule has 0 aromatic rings. The second-order valence-electron chi connectivity index (χ2n) is 4.06. The number of amides is 1. The summed E-state index contributed by atoms with van der Waals surface area (Å²) in [6.07, 6.45) is 2.66. The summed E-state index contributed by atoms with van der Waals surface area (Å²) in [6, 6.07) is 0.296. The maximum Gasteiger partial charge on any atom is 0.240 e. The second kappa shape index (κ2) is 4.75. The van der Waals surface area contributed by atoms with Crippen molar-refractivity contribution in [1.82, 2.24) is 5.32 Å². The Kier molecular flexibility index (Phi) is 3.89. The quantitative estimate of drug-likeness (QED) is 0.691. The van der Waals surface area contributed by atoms with E-state index in [9.17, 15) is 4.79 Å². The molecule has 14 heavy (non-hydrogen) atoms. The van der Waals surface area contributed by atoms with E-state index in [1.807, 2.05) is 0 Å². The number of rotatable bonds is 4. The third kappa shape index (κ3) is 2.45. The van der Waals surface area contributed by atoms with Gasteiger partial charge < -0.3 is 10.5 Å². The highest BCUT2D eigenvalue weighted by Crippen LogP contribution is 2.19. The van der Waals surface area contributed by atoms with Crippen LogP contribution in [0.5, 0.6) is 0 Å². The highest BCUT2D eigenvalue weighted by molar-refractivity contribution is 5.85. The molecular formula is C10H20N2O2. The molecule has 3 N–H and O–H groups in total. The van der Waals surface area contributed by atoms with E-state index in [4.69, 9.17) is 10.5 Å². The van der Waals surface area contributed by atoms with Crippen molar-refractivity contribution in [3.8, 4) is 0 Å². The monoisotopic (exact) mass is 200 g/mol. The van der Waals surface area contributed by atoms with Crippen LogP contribution in [0.25, 0.3) is 0 Å². The molecule has 82 valence electrons. The number of carbonyl (C=O) groups excluding carboxylic acids is 1. The first kappa shape index (κ1) is 11.5. The SMILES string of the molecule is CCC(C)NC1(C(N)=O)CCCOC1. The average molecular weight is 200 g/mol. The van der Waals surface area contributed by atoms with Gasteiger partial charge in [0.1, 0.15) is 5.54 Å². The number of hydrogen-bond acceptors (Lipinski definition) is 3. The molecule has 4 nitrogen and oxygen atoms in total. The molecule has 0 aromatic heterocycles. The maximum absolute atomic E-state index is 11.4. The molecule has 1 heterocycles. The molecule has 1 saturated heterocycles. The standard InChI is InChI=1S/C10H20N2O2/c1-3-8(2)12-10(9(11)13)5-4-6-14-7-10/h8,12H,3-7H2,1-2H3,(H2,11,13). The van der Waals surface area contributed by atoms with E-state index in [1.165, 1.54) is 0 Å². The first-order chi connectivity index (χ1) is 6.60. The molecule has 0 spiro atoms. The van der Waals surface area contributed by atoms with Gasteiger partial charge in [-0.15, -0.1) is 0 Å². The van der Waals surface area contributed by atoms with Gasteiger partial charge in [-0.2, -0.15) is 0 Å². The van der Waals surface area contributed by atoms with Gasteiger partial charge in [0.2, 0.25) is 5.91 Å². The smallest absolute Gasteiger partial charge is 0.240 e. The molecule has 1 aliphatic rings. The summed E-state index contributed by atoms with van der Waals surface area (Å²) < 4.78 is 5.33. The molecule has 1 aliphatic heterocycles. The minimum absolute atomic E-state index is 0.294. The molecular weight excluding hydrogens is 180 g/mol. The van der Waals surface area contributed by atoms with Crippen LogP contribution < -0.4 is 11.1 Å². The summed E-state index contributed by atoms with van der Waals surface area (Å²) in [7, 11) is 0. The van der Waals surface area contributed by atoms with E-state index in [0.29, 0.717) is 12.6 Å². The number of nitrogens with two attached hydrogens (primary N) is 1. The zero-order valence-corrected chi connectivity index (χ0v) is 9.01. The van der Waals surface area contributed by atoms with Gasteiger partial charge >= 0.3 is 0 Å². The summed E-state index contributed by atoms with van der Waals surface area (Å²) in [5.41, 5.74) is 4.79. The van der Waals surface area contributed by atoms with Crippen molar-refractivity contribution in [3.63, 3.8) is 0 Å². The Morgan fingerprint density at radius 3 is 2.86 bits per heavy atom. The van der Waals surface area contributed by atoms with Crippen molar-refractivity contribution in [3.05, 3.63) is 0 Å². The summed E-state index contributed by atoms with van der Waals surface area (Å²) in [5, 5.41) is 3.28. The maximum atomic E-state index is 11.4. The van der Waals surface area contributed by atoms with Gasteiger partial charge in [0.05, 0.1) is 6.61 Å². The number of hydrogen-bond donors (Lipinski definition) is 2. The molecule has 0 aromatic carbocycles. The van der Waals surface area contributed by atoms with Crippen LogP contribution in [0.15, 0.2) is 0 Å². The minimum Gasteiger partial charge on any atom is -0.379 e. The van der Waals surface area contributed by atoms with E-state index in [0.717, 1.165) is 25.9 Å². The number of nitrogens with one attached hydrogen (secondary N) is 1. The molecule has 2 unspecified atom stereocenters. The molecule has 1 amide bonds. The topological polar surface area (TPSA) is 64.3 Å².